The quantitative estimate of drug-likeness (QED) is 0.338. The van der Waals surface area contributed by atoms with Crippen LogP contribution in [0.4, 0.5) is 4.79 Å². The minimum atomic E-state index is -4.53. The first-order valence-electron chi connectivity index (χ1n) is 11.1. The molecule has 0 unspecified atom stereocenters. The third-order valence-corrected chi connectivity index (χ3v) is 6.95. The van der Waals surface area contributed by atoms with Crippen molar-refractivity contribution in [1.82, 2.24) is 29.9 Å². The van der Waals surface area contributed by atoms with Crippen LogP contribution in [0.2, 0.25) is 0 Å². The molecule has 3 rings (SSSR count). The number of piperidine rings is 1. The molecule has 4 amide bonds. The summed E-state index contributed by atoms with van der Waals surface area (Å²) in [5, 5.41) is 11.9. The van der Waals surface area contributed by atoms with E-state index in [2.05, 4.69) is 25.8 Å². The van der Waals surface area contributed by atoms with Crippen molar-refractivity contribution < 1.29 is 32.3 Å². The first kappa shape index (κ1) is 25.5. The van der Waals surface area contributed by atoms with Gasteiger partial charge in [0.2, 0.25) is 11.8 Å². The summed E-state index contributed by atoms with van der Waals surface area (Å²) in [4.78, 5) is 49.2. The molecule has 0 aromatic carbocycles. The van der Waals surface area contributed by atoms with Gasteiger partial charge in [-0.15, -0.1) is 4.09 Å². The number of nitrogens with one attached hydrogen (secondary N) is 4. The van der Waals surface area contributed by atoms with E-state index in [1.807, 2.05) is 0 Å². The van der Waals surface area contributed by atoms with Gasteiger partial charge >= 0.3 is 16.3 Å². The molecule has 1 aromatic rings. The van der Waals surface area contributed by atoms with E-state index in [0.29, 0.717) is 23.5 Å². The summed E-state index contributed by atoms with van der Waals surface area (Å²) in [6.07, 6.45) is 4.23. The summed E-state index contributed by atoms with van der Waals surface area (Å²) < 4.78 is 31.0. The first-order chi connectivity index (χ1) is 16.1. The molecule has 1 aliphatic carbocycles. The maximum absolute atomic E-state index is 13.0. The molecule has 0 spiro atoms. The van der Waals surface area contributed by atoms with Crippen molar-refractivity contribution >= 4 is 34.0 Å². The van der Waals surface area contributed by atoms with Crippen LogP contribution < -0.4 is 20.7 Å². The largest absolute Gasteiger partial charge is 0.452 e. The number of nitrogens with zero attached hydrogens (tertiary/aromatic N) is 2. The van der Waals surface area contributed by atoms with Crippen LogP contribution in [0.15, 0.2) is 12.3 Å². The van der Waals surface area contributed by atoms with Crippen molar-refractivity contribution in [2.45, 2.75) is 57.5 Å². The fourth-order valence-corrected chi connectivity index (χ4v) is 4.84. The van der Waals surface area contributed by atoms with Gasteiger partial charge in [0.25, 0.3) is 5.91 Å². The topological polar surface area (TPSA) is 178 Å². The van der Waals surface area contributed by atoms with E-state index in [1.165, 1.54) is 0 Å². The number of hydrogen-bond donors (Lipinski definition) is 4. The van der Waals surface area contributed by atoms with Crippen LogP contribution in [-0.2, 0) is 24.5 Å². The number of amides is 4. The number of carbonyl (C=O) groups is 4. The van der Waals surface area contributed by atoms with Gasteiger partial charge < -0.3 is 20.7 Å². The summed E-state index contributed by atoms with van der Waals surface area (Å²) in [7, 11) is -3.54. The van der Waals surface area contributed by atoms with Crippen LogP contribution >= 0.6 is 0 Å². The molecule has 2 aliphatic rings. The highest BCUT2D eigenvalue weighted by Gasteiger charge is 2.33. The van der Waals surface area contributed by atoms with Crippen molar-refractivity contribution in [1.29, 1.82) is 0 Å². The van der Waals surface area contributed by atoms with Gasteiger partial charge in [-0.2, -0.15) is 18.2 Å². The van der Waals surface area contributed by atoms with Crippen molar-refractivity contribution in [3.8, 4) is 0 Å². The maximum Gasteiger partial charge on any atom is 0.422 e. The van der Waals surface area contributed by atoms with Gasteiger partial charge in [-0.3, -0.25) is 14.4 Å². The molecule has 1 saturated heterocycles. The zero-order valence-electron chi connectivity index (χ0n) is 19.1. The summed E-state index contributed by atoms with van der Waals surface area (Å²) in [6.45, 7) is 2.46. The molecule has 1 aromatic heterocycles. The van der Waals surface area contributed by atoms with Gasteiger partial charge in [0, 0.05) is 18.5 Å². The molecule has 2 heterocycles. The average molecular weight is 499 g/mol. The second-order valence-electron chi connectivity index (χ2n) is 8.64. The molecule has 2 fully saturated rings. The second-order valence-corrected chi connectivity index (χ2v) is 10.1. The average Bonchev–Trinajstić information content (AvgIpc) is 3.44. The monoisotopic (exact) mass is 498 g/mol. The molecular weight excluding hydrogens is 468 g/mol. The van der Waals surface area contributed by atoms with Crippen molar-refractivity contribution in [2.75, 3.05) is 13.7 Å². The number of rotatable bonds is 10. The van der Waals surface area contributed by atoms with Gasteiger partial charge in [-0.25, -0.2) is 4.79 Å². The van der Waals surface area contributed by atoms with Crippen molar-refractivity contribution in [3.63, 3.8) is 0 Å². The predicted octanol–water partition coefficient (Wildman–Crippen LogP) is -0.348. The van der Waals surface area contributed by atoms with E-state index < -0.39 is 34.2 Å². The zero-order chi connectivity index (χ0) is 24.9. The Morgan fingerprint density at radius 3 is 2.62 bits per heavy atom. The Hall–Kier alpha value is -3.16. The van der Waals surface area contributed by atoms with E-state index >= 15 is 0 Å². The summed E-state index contributed by atoms with van der Waals surface area (Å²) >= 11 is 0. The lowest BCUT2D eigenvalue weighted by Gasteiger charge is -2.26. The Morgan fingerprint density at radius 2 is 1.97 bits per heavy atom. The molecule has 188 valence electrons. The SMILES string of the molecule is COC(=O)NS(=O)(=O)n1nccc1C(=O)N[C@@H](CC1CC1)C(=O)N[C@H](C)C[C@@H]1CCCNC1=O. The van der Waals surface area contributed by atoms with Crippen molar-refractivity contribution in [2.24, 2.45) is 11.8 Å². The number of aromatic nitrogens is 2. The molecule has 4 N–H and O–H groups in total. The lowest BCUT2D eigenvalue weighted by Crippen LogP contribution is -2.50. The number of carbonyl (C=O) groups excluding carboxylic acids is 4. The molecule has 34 heavy (non-hydrogen) atoms. The van der Waals surface area contributed by atoms with E-state index in [1.54, 1.807) is 11.6 Å². The smallest absolute Gasteiger partial charge is 0.422 e. The highest BCUT2D eigenvalue weighted by atomic mass is 32.2. The third kappa shape index (κ3) is 6.68. The lowest BCUT2D eigenvalue weighted by atomic mass is 9.92. The Labute approximate surface area is 197 Å². The van der Waals surface area contributed by atoms with E-state index in [0.717, 1.165) is 45.1 Å². The molecular formula is C20H30N6O7S. The lowest BCUT2D eigenvalue weighted by molar-refractivity contribution is -0.128. The molecule has 3 atom stereocenters. The van der Waals surface area contributed by atoms with E-state index in [-0.39, 0.29) is 29.5 Å². The van der Waals surface area contributed by atoms with Crippen LogP contribution in [-0.4, -0.2) is 67.2 Å². The Bertz CT molecular complexity index is 1040. The van der Waals surface area contributed by atoms with Gasteiger partial charge in [-0.05, 0) is 44.6 Å². The Morgan fingerprint density at radius 1 is 1.24 bits per heavy atom. The fraction of sp³-hybridized carbons (Fsp3) is 0.650. The standard InChI is InChI=1S/C20H30N6O7S/c1-12(10-14-4-3-8-21-17(14)27)23-18(28)15(11-13-5-6-13)24-19(29)16-7-9-22-26(16)34(31,32)25-20(30)33-2/h7,9,12-15H,3-6,8,10-11H2,1-2H3,(H,21,27)(H,23,28)(H,24,29)(H,25,30)/t12-,14+,15+/m1/s1. The molecule has 1 aliphatic heterocycles. The number of ether oxygens (including phenoxy) is 1. The zero-order valence-corrected chi connectivity index (χ0v) is 19.9. The maximum atomic E-state index is 13.0. The minimum absolute atomic E-state index is 0.0229. The van der Waals surface area contributed by atoms with Gasteiger partial charge in [-0.1, -0.05) is 12.8 Å². The predicted molar refractivity (Wildman–Crippen MR) is 119 cm³/mol. The molecule has 1 saturated carbocycles. The minimum Gasteiger partial charge on any atom is -0.452 e. The van der Waals surface area contributed by atoms with Crippen LogP contribution in [0.3, 0.4) is 0 Å². The van der Waals surface area contributed by atoms with E-state index in [4.69, 9.17) is 0 Å². The van der Waals surface area contributed by atoms with Gasteiger partial charge in [0.1, 0.15) is 11.7 Å². The Kier molecular flexibility index (Phi) is 8.12. The number of methoxy groups -OCH3 is 1. The number of hydrogen-bond acceptors (Lipinski definition) is 8. The van der Waals surface area contributed by atoms with Gasteiger partial charge in [0.05, 0.1) is 13.3 Å². The molecule has 0 bridgehead atoms. The molecule has 13 nitrogen and oxygen atoms in total. The fourth-order valence-electron chi connectivity index (χ4n) is 3.87. The van der Waals surface area contributed by atoms with Crippen LogP contribution in [0.1, 0.15) is 55.9 Å². The molecule has 0 radical (unpaired) electrons. The van der Waals surface area contributed by atoms with Crippen molar-refractivity contribution in [3.05, 3.63) is 18.0 Å². The summed E-state index contributed by atoms with van der Waals surface area (Å²) in [5.41, 5.74) is -0.378. The highest BCUT2D eigenvalue weighted by molar-refractivity contribution is 7.88. The van der Waals surface area contributed by atoms with Crippen LogP contribution in [0.25, 0.3) is 0 Å². The Balaban J connectivity index is 1.66. The van der Waals surface area contributed by atoms with Crippen LogP contribution in [0.5, 0.6) is 0 Å². The van der Waals surface area contributed by atoms with Crippen LogP contribution in [0, 0.1) is 11.8 Å². The third-order valence-electron chi connectivity index (χ3n) is 5.78. The first-order valence-corrected chi connectivity index (χ1v) is 12.6. The van der Waals surface area contributed by atoms with Gasteiger partial charge in [0.15, 0.2) is 0 Å². The van der Waals surface area contributed by atoms with E-state index in [9.17, 15) is 27.6 Å². The summed E-state index contributed by atoms with van der Waals surface area (Å²) in [5.74, 6) is -1.17. The highest BCUT2D eigenvalue weighted by Crippen LogP contribution is 2.33. The summed E-state index contributed by atoms with van der Waals surface area (Å²) in [6, 6.07) is -0.0419. The second kappa shape index (κ2) is 10.8. The molecule has 14 heteroatoms. The normalized spacial score (nSPS) is 19.9.